The highest BCUT2D eigenvalue weighted by Crippen LogP contribution is 2.20. The number of nitrogens with one attached hydrogen (secondary N) is 1. The lowest BCUT2D eigenvalue weighted by atomic mass is 10.2. The fourth-order valence-corrected chi connectivity index (χ4v) is 2.40. The van der Waals surface area contributed by atoms with Gasteiger partial charge in [-0.1, -0.05) is 0 Å². The highest BCUT2D eigenvalue weighted by molar-refractivity contribution is 9.10. The largest absolute Gasteiger partial charge is 0.397 e. The Hall–Kier alpha value is -1.82. The van der Waals surface area contributed by atoms with E-state index in [2.05, 4.69) is 26.2 Å². The molecular formula is C14H17BrN4O. The van der Waals surface area contributed by atoms with Gasteiger partial charge in [0.25, 0.3) is 5.91 Å². The molecule has 0 aliphatic rings. The molecule has 6 heteroatoms. The summed E-state index contributed by atoms with van der Waals surface area (Å²) in [4.78, 5) is 16.6. The topological polar surface area (TPSA) is 72.9 Å². The number of nitrogens with zero attached hydrogens (tertiary/aromatic N) is 2. The molecule has 0 saturated heterocycles. The number of carbonyl (C=O) groups is 1. The maximum atomic E-state index is 12.4. The first-order chi connectivity index (χ1) is 9.38. The third-order valence-corrected chi connectivity index (χ3v) is 3.37. The molecule has 0 unspecified atom stereocenters. The van der Waals surface area contributed by atoms with Gasteiger partial charge in [0.2, 0.25) is 0 Å². The number of nitrogen functional groups attached to an aromatic ring is 1. The third kappa shape index (κ3) is 3.01. The fraction of sp³-hybridized carbons (Fsp3) is 0.286. The molecule has 0 aromatic carbocycles. The average Bonchev–Trinajstić information content (AvgIpc) is 2.75. The summed E-state index contributed by atoms with van der Waals surface area (Å²) in [6.45, 7) is 5.89. The number of hydrogen-bond donors (Lipinski definition) is 2. The lowest BCUT2D eigenvalue weighted by Crippen LogP contribution is -2.19. The zero-order valence-corrected chi connectivity index (χ0v) is 13.2. The van der Waals surface area contributed by atoms with Crippen LogP contribution in [0.4, 0.5) is 11.5 Å². The van der Waals surface area contributed by atoms with Crippen molar-refractivity contribution in [3.05, 3.63) is 40.3 Å². The molecule has 0 fully saturated rings. The minimum atomic E-state index is -0.215. The number of aromatic nitrogens is 2. The van der Waals surface area contributed by atoms with Gasteiger partial charge in [-0.15, -0.1) is 0 Å². The van der Waals surface area contributed by atoms with Gasteiger partial charge in [-0.3, -0.25) is 4.79 Å². The minimum Gasteiger partial charge on any atom is -0.397 e. The molecule has 0 aliphatic heterocycles. The van der Waals surface area contributed by atoms with Crippen molar-refractivity contribution in [3.8, 4) is 0 Å². The summed E-state index contributed by atoms with van der Waals surface area (Å²) in [5.41, 5.74) is 7.77. The van der Waals surface area contributed by atoms with Gasteiger partial charge in [0.1, 0.15) is 11.5 Å². The molecule has 0 aliphatic carbocycles. The molecule has 106 valence electrons. The maximum Gasteiger partial charge on any atom is 0.273 e. The Bertz CT molecular complexity index is 649. The summed E-state index contributed by atoms with van der Waals surface area (Å²) in [6, 6.07) is 3.73. The lowest BCUT2D eigenvalue weighted by molar-refractivity contribution is 0.101. The minimum absolute atomic E-state index is 0.159. The molecule has 3 N–H and O–H groups in total. The smallest absolute Gasteiger partial charge is 0.273 e. The molecular weight excluding hydrogens is 320 g/mol. The molecule has 0 atom stereocenters. The van der Waals surface area contributed by atoms with Crippen LogP contribution < -0.4 is 11.1 Å². The predicted molar refractivity (Wildman–Crippen MR) is 83.9 cm³/mol. The normalized spacial score (nSPS) is 10.8. The number of nitrogens with two attached hydrogens (primary N) is 1. The molecule has 0 spiro atoms. The Labute approximate surface area is 126 Å². The fourth-order valence-electron chi connectivity index (χ4n) is 1.95. The Balaban J connectivity index is 2.28. The number of hydrogen-bond acceptors (Lipinski definition) is 3. The summed E-state index contributed by atoms with van der Waals surface area (Å²) in [5.74, 6) is 0.335. The van der Waals surface area contributed by atoms with Crippen LogP contribution in [0.5, 0.6) is 0 Å². The zero-order chi connectivity index (χ0) is 14.9. The van der Waals surface area contributed by atoms with Crippen LogP contribution in [-0.4, -0.2) is 15.5 Å². The van der Waals surface area contributed by atoms with Crippen molar-refractivity contribution in [2.24, 2.45) is 0 Å². The van der Waals surface area contributed by atoms with Crippen LogP contribution in [-0.2, 0) is 0 Å². The third-order valence-electron chi connectivity index (χ3n) is 2.94. The summed E-state index contributed by atoms with van der Waals surface area (Å²) in [6.07, 6.45) is 3.42. The monoisotopic (exact) mass is 336 g/mol. The Morgan fingerprint density at radius 1 is 1.45 bits per heavy atom. The first-order valence-electron chi connectivity index (χ1n) is 6.29. The quantitative estimate of drug-likeness (QED) is 0.902. The molecule has 2 aromatic heterocycles. The average molecular weight is 337 g/mol. The number of amides is 1. The van der Waals surface area contributed by atoms with Crippen molar-refractivity contribution in [2.45, 2.75) is 26.8 Å². The van der Waals surface area contributed by atoms with Crippen LogP contribution in [0, 0.1) is 6.92 Å². The van der Waals surface area contributed by atoms with Gasteiger partial charge in [-0.05, 0) is 54.4 Å². The van der Waals surface area contributed by atoms with Crippen LogP contribution in [0.3, 0.4) is 0 Å². The molecule has 0 radical (unpaired) electrons. The van der Waals surface area contributed by atoms with E-state index in [4.69, 9.17) is 5.73 Å². The number of rotatable bonds is 3. The number of carbonyl (C=O) groups excluding carboxylic acids is 1. The van der Waals surface area contributed by atoms with E-state index in [1.165, 1.54) is 0 Å². The Kier molecular flexibility index (Phi) is 4.13. The van der Waals surface area contributed by atoms with Crippen molar-refractivity contribution in [1.82, 2.24) is 9.55 Å². The first kappa shape index (κ1) is 14.6. The van der Waals surface area contributed by atoms with Crippen molar-refractivity contribution in [2.75, 3.05) is 11.1 Å². The number of halogens is 1. The maximum absolute atomic E-state index is 12.4. The van der Waals surface area contributed by atoms with Crippen molar-refractivity contribution < 1.29 is 4.79 Å². The van der Waals surface area contributed by atoms with E-state index in [0.717, 1.165) is 10.0 Å². The van der Waals surface area contributed by atoms with Gasteiger partial charge in [0, 0.05) is 22.9 Å². The second-order valence-corrected chi connectivity index (χ2v) is 5.85. The standard InChI is InChI=1S/C14H17BrN4O/c1-8(2)19-7-11(16)5-12(19)14(20)18-13-9(3)4-10(15)6-17-13/h4-8H,16H2,1-3H3,(H,17,18,20). The SMILES string of the molecule is Cc1cc(Br)cnc1NC(=O)c1cc(N)cn1C(C)C. The van der Waals surface area contributed by atoms with Crippen LogP contribution in [0.1, 0.15) is 35.9 Å². The van der Waals surface area contributed by atoms with Crippen molar-refractivity contribution in [1.29, 1.82) is 0 Å². The van der Waals surface area contributed by atoms with Gasteiger partial charge in [-0.25, -0.2) is 4.98 Å². The number of aryl methyl sites for hydroxylation is 1. The van der Waals surface area contributed by atoms with Crippen LogP contribution in [0.15, 0.2) is 29.0 Å². The molecule has 5 nitrogen and oxygen atoms in total. The van der Waals surface area contributed by atoms with Crippen molar-refractivity contribution >= 4 is 33.3 Å². The molecule has 2 rings (SSSR count). The second kappa shape index (κ2) is 5.66. The lowest BCUT2D eigenvalue weighted by Gasteiger charge is -2.13. The van der Waals surface area contributed by atoms with Gasteiger partial charge < -0.3 is 15.6 Å². The molecule has 2 heterocycles. The summed E-state index contributed by atoms with van der Waals surface area (Å²) < 4.78 is 2.72. The summed E-state index contributed by atoms with van der Waals surface area (Å²) in [7, 11) is 0. The van der Waals surface area contributed by atoms with E-state index in [1.807, 2.05) is 31.4 Å². The van der Waals surface area contributed by atoms with Crippen LogP contribution in [0.25, 0.3) is 0 Å². The Morgan fingerprint density at radius 2 is 2.15 bits per heavy atom. The molecule has 0 bridgehead atoms. The second-order valence-electron chi connectivity index (χ2n) is 4.93. The van der Waals surface area contributed by atoms with E-state index < -0.39 is 0 Å². The van der Waals surface area contributed by atoms with Gasteiger partial charge >= 0.3 is 0 Å². The van der Waals surface area contributed by atoms with E-state index in [-0.39, 0.29) is 11.9 Å². The van der Waals surface area contributed by atoms with E-state index in [0.29, 0.717) is 17.2 Å². The highest BCUT2D eigenvalue weighted by atomic mass is 79.9. The summed E-state index contributed by atoms with van der Waals surface area (Å²) >= 11 is 3.35. The molecule has 0 saturated carbocycles. The van der Waals surface area contributed by atoms with Crippen molar-refractivity contribution in [3.63, 3.8) is 0 Å². The van der Waals surface area contributed by atoms with E-state index >= 15 is 0 Å². The number of anilines is 2. The zero-order valence-electron chi connectivity index (χ0n) is 11.6. The van der Waals surface area contributed by atoms with Gasteiger partial charge in [-0.2, -0.15) is 0 Å². The molecule has 1 amide bonds. The molecule has 2 aromatic rings. The van der Waals surface area contributed by atoms with E-state index in [1.54, 1.807) is 18.5 Å². The first-order valence-corrected chi connectivity index (χ1v) is 7.08. The van der Waals surface area contributed by atoms with Gasteiger partial charge in [0.05, 0.1) is 5.69 Å². The summed E-state index contributed by atoms with van der Waals surface area (Å²) in [5, 5.41) is 2.82. The predicted octanol–water partition coefficient (Wildman–Crippen LogP) is 3.37. The Morgan fingerprint density at radius 3 is 2.75 bits per heavy atom. The van der Waals surface area contributed by atoms with Crippen LogP contribution in [0.2, 0.25) is 0 Å². The van der Waals surface area contributed by atoms with Gasteiger partial charge in [0.15, 0.2) is 0 Å². The van der Waals surface area contributed by atoms with E-state index in [9.17, 15) is 4.79 Å². The highest BCUT2D eigenvalue weighted by Gasteiger charge is 2.16. The van der Waals surface area contributed by atoms with Crippen LogP contribution >= 0.6 is 15.9 Å². The number of pyridine rings is 1. The molecule has 20 heavy (non-hydrogen) atoms.